The Morgan fingerprint density at radius 2 is 1.83 bits per heavy atom. The van der Waals surface area contributed by atoms with Gasteiger partial charge in [0.1, 0.15) is 23.1 Å². The van der Waals surface area contributed by atoms with Gasteiger partial charge in [0.05, 0.1) is 18.4 Å². The zero-order valence-electron chi connectivity index (χ0n) is 12.9. The molecule has 3 aromatic rings. The van der Waals surface area contributed by atoms with E-state index in [1.807, 2.05) is 29.6 Å². The van der Waals surface area contributed by atoms with Crippen LogP contribution in [0.15, 0.2) is 53.9 Å². The first-order valence-corrected chi connectivity index (χ1v) is 8.08. The van der Waals surface area contributed by atoms with Crippen molar-refractivity contribution in [2.75, 3.05) is 7.11 Å². The molecular weight excluding hydrogens is 326 g/mol. The molecule has 0 atom stereocenters. The Morgan fingerprint density at radius 1 is 1.12 bits per heavy atom. The number of hydrogen-bond acceptors (Lipinski definition) is 6. The highest BCUT2D eigenvalue weighted by atomic mass is 32.1. The summed E-state index contributed by atoms with van der Waals surface area (Å²) in [6.07, 6.45) is 0. The third-order valence-electron chi connectivity index (χ3n) is 3.34. The molecular formula is C18H15NO4S. The zero-order valence-corrected chi connectivity index (χ0v) is 13.7. The average Bonchev–Trinajstić information content (AvgIpc) is 3.09. The largest absolute Gasteiger partial charge is 0.508 e. The van der Waals surface area contributed by atoms with Gasteiger partial charge in [0.2, 0.25) is 0 Å². The number of phenolic OH excluding ortho intramolecular Hbond substituents is 1. The summed E-state index contributed by atoms with van der Waals surface area (Å²) in [5.41, 5.74) is 2.06. The number of benzene rings is 2. The zero-order chi connectivity index (χ0) is 16.9. The lowest BCUT2D eigenvalue weighted by molar-refractivity contribution is 0.0468. The molecule has 5 nitrogen and oxygen atoms in total. The summed E-state index contributed by atoms with van der Waals surface area (Å²) in [5.74, 6) is 0.447. The van der Waals surface area contributed by atoms with Crippen LogP contribution in [0.25, 0.3) is 10.6 Å². The van der Waals surface area contributed by atoms with Gasteiger partial charge in [-0.3, -0.25) is 0 Å². The number of nitrogens with zero attached hydrogens (tertiary/aromatic N) is 1. The summed E-state index contributed by atoms with van der Waals surface area (Å²) in [5, 5.41) is 11.9. The Balaban J connectivity index is 1.63. The quantitative estimate of drug-likeness (QED) is 0.713. The molecule has 2 aromatic carbocycles. The number of rotatable bonds is 5. The summed E-state index contributed by atoms with van der Waals surface area (Å²) < 4.78 is 10.4. The van der Waals surface area contributed by atoms with Gasteiger partial charge in [-0.05, 0) is 48.5 Å². The summed E-state index contributed by atoms with van der Waals surface area (Å²) >= 11 is 1.49. The molecule has 0 unspecified atom stereocenters. The molecule has 0 radical (unpaired) electrons. The maximum Gasteiger partial charge on any atom is 0.338 e. The number of ether oxygens (including phenoxy) is 2. The van der Waals surface area contributed by atoms with E-state index in [0.29, 0.717) is 11.3 Å². The lowest BCUT2D eigenvalue weighted by atomic mass is 10.2. The molecule has 0 amide bonds. The second-order valence-electron chi connectivity index (χ2n) is 5.00. The van der Waals surface area contributed by atoms with Crippen molar-refractivity contribution in [1.82, 2.24) is 4.98 Å². The molecule has 0 bridgehead atoms. The predicted molar refractivity (Wildman–Crippen MR) is 91.3 cm³/mol. The van der Waals surface area contributed by atoms with Crippen LogP contribution >= 0.6 is 11.3 Å². The van der Waals surface area contributed by atoms with Gasteiger partial charge >= 0.3 is 5.97 Å². The number of methoxy groups -OCH3 is 1. The number of carbonyl (C=O) groups excluding carboxylic acids is 1. The number of esters is 1. The Hall–Kier alpha value is -2.86. The molecule has 24 heavy (non-hydrogen) atoms. The predicted octanol–water partition coefficient (Wildman–Crippen LogP) is 3.88. The molecule has 1 N–H and O–H groups in total. The van der Waals surface area contributed by atoms with Crippen LogP contribution in [0.1, 0.15) is 16.1 Å². The second kappa shape index (κ2) is 7.14. The number of carbonyl (C=O) groups is 1. The van der Waals surface area contributed by atoms with E-state index in [1.54, 1.807) is 7.11 Å². The van der Waals surface area contributed by atoms with E-state index in [0.717, 1.165) is 16.3 Å². The molecule has 0 fully saturated rings. The molecule has 6 heteroatoms. The smallest absolute Gasteiger partial charge is 0.338 e. The molecule has 0 aliphatic heterocycles. The van der Waals surface area contributed by atoms with E-state index < -0.39 is 5.97 Å². The Morgan fingerprint density at radius 3 is 2.50 bits per heavy atom. The minimum atomic E-state index is -0.450. The van der Waals surface area contributed by atoms with Crippen molar-refractivity contribution in [2.45, 2.75) is 6.61 Å². The van der Waals surface area contributed by atoms with Crippen molar-refractivity contribution in [2.24, 2.45) is 0 Å². The number of phenols is 1. The van der Waals surface area contributed by atoms with Crippen LogP contribution in [0.2, 0.25) is 0 Å². The topological polar surface area (TPSA) is 68.7 Å². The third kappa shape index (κ3) is 3.72. The Labute approximate surface area is 143 Å². The Kier molecular flexibility index (Phi) is 4.77. The molecule has 1 heterocycles. The van der Waals surface area contributed by atoms with E-state index in [2.05, 4.69) is 4.98 Å². The number of thiazole rings is 1. The van der Waals surface area contributed by atoms with E-state index in [-0.39, 0.29) is 12.4 Å². The van der Waals surface area contributed by atoms with E-state index >= 15 is 0 Å². The molecule has 122 valence electrons. The second-order valence-corrected chi connectivity index (χ2v) is 5.85. The van der Waals surface area contributed by atoms with E-state index in [9.17, 15) is 9.90 Å². The molecule has 0 saturated heterocycles. The van der Waals surface area contributed by atoms with Crippen molar-refractivity contribution in [3.63, 3.8) is 0 Å². The lowest BCUT2D eigenvalue weighted by Gasteiger charge is -2.03. The van der Waals surface area contributed by atoms with Gasteiger partial charge in [0, 0.05) is 10.9 Å². The van der Waals surface area contributed by atoms with Crippen LogP contribution in [0.3, 0.4) is 0 Å². The maximum absolute atomic E-state index is 11.9. The monoisotopic (exact) mass is 341 g/mol. The van der Waals surface area contributed by atoms with Crippen molar-refractivity contribution >= 4 is 17.3 Å². The van der Waals surface area contributed by atoms with Crippen LogP contribution in [0.4, 0.5) is 0 Å². The minimum Gasteiger partial charge on any atom is -0.508 e. The highest BCUT2D eigenvalue weighted by Gasteiger charge is 2.10. The summed E-state index contributed by atoms with van der Waals surface area (Å²) in [4.78, 5) is 16.4. The van der Waals surface area contributed by atoms with Crippen molar-refractivity contribution in [3.8, 4) is 22.1 Å². The summed E-state index contributed by atoms with van der Waals surface area (Å²) in [7, 11) is 1.62. The molecule has 0 spiro atoms. The van der Waals surface area contributed by atoms with Gasteiger partial charge in [-0.15, -0.1) is 11.3 Å². The molecule has 3 rings (SSSR count). The number of aromatic hydroxyl groups is 1. The lowest BCUT2D eigenvalue weighted by Crippen LogP contribution is -2.05. The first-order chi connectivity index (χ1) is 11.7. The Bertz CT molecular complexity index is 825. The van der Waals surface area contributed by atoms with Crippen LogP contribution < -0.4 is 4.74 Å². The fraction of sp³-hybridized carbons (Fsp3) is 0.111. The van der Waals surface area contributed by atoms with Crippen LogP contribution in [0.5, 0.6) is 11.5 Å². The van der Waals surface area contributed by atoms with Gasteiger partial charge in [0.15, 0.2) is 0 Å². The van der Waals surface area contributed by atoms with E-state index in [1.165, 1.54) is 35.6 Å². The summed E-state index contributed by atoms with van der Waals surface area (Å²) in [6, 6.07) is 13.5. The fourth-order valence-electron chi connectivity index (χ4n) is 2.06. The number of aromatic nitrogens is 1. The maximum atomic E-state index is 11.9. The average molecular weight is 341 g/mol. The first-order valence-electron chi connectivity index (χ1n) is 7.20. The summed E-state index contributed by atoms with van der Waals surface area (Å²) in [6.45, 7) is 0.104. The van der Waals surface area contributed by atoms with Crippen LogP contribution in [-0.4, -0.2) is 23.2 Å². The van der Waals surface area contributed by atoms with Gasteiger partial charge < -0.3 is 14.6 Å². The first kappa shape index (κ1) is 16.0. The fourth-order valence-corrected chi connectivity index (χ4v) is 2.87. The third-order valence-corrected chi connectivity index (χ3v) is 4.28. The van der Waals surface area contributed by atoms with E-state index in [4.69, 9.17) is 9.47 Å². The van der Waals surface area contributed by atoms with Gasteiger partial charge in [-0.1, -0.05) is 0 Å². The molecule has 0 aliphatic carbocycles. The number of hydrogen-bond donors (Lipinski definition) is 1. The highest BCUT2D eigenvalue weighted by molar-refractivity contribution is 7.13. The molecule has 0 saturated carbocycles. The molecule has 1 aromatic heterocycles. The SMILES string of the molecule is COc1ccc(-c2nc(COC(=O)c3ccc(O)cc3)cs2)cc1. The van der Waals surface area contributed by atoms with Crippen molar-refractivity contribution in [1.29, 1.82) is 0 Å². The normalized spacial score (nSPS) is 10.4. The van der Waals surface area contributed by atoms with Crippen molar-refractivity contribution in [3.05, 3.63) is 65.2 Å². The van der Waals surface area contributed by atoms with Gasteiger partial charge in [0.25, 0.3) is 0 Å². The van der Waals surface area contributed by atoms with Gasteiger partial charge in [-0.25, -0.2) is 9.78 Å². The van der Waals surface area contributed by atoms with Gasteiger partial charge in [-0.2, -0.15) is 0 Å². The minimum absolute atomic E-state index is 0.104. The standard InChI is InChI=1S/C18H15NO4S/c1-22-16-8-4-12(5-9-16)17-19-14(11-24-17)10-23-18(21)13-2-6-15(20)7-3-13/h2-9,11,20H,10H2,1H3. The highest BCUT2D eigenvalue weighted by Crippen LogP contribution is 2.26. The van der Waals surface area contributed by atoms with Crippen molar-refractivity contribution < 1.29 is 19.4 Å². The van der Waals surface area contributed by atoms with Crippen LogP contribution in [0, 0.1) is 0 Å². The molecule has 0 aliphatic rings. The van der Waals surface area contributed by atoms with Crippen LogP contribution in [-0.2, 0) is 11.3 Å².